The van der Waals surface area contributed by atoms with Crippen LogP contribution in [0.4, 0.5) is 4.79 Å². The first-order valence-electron chi connectivity index (χ1n) is 8.72. The lowest BCUT2D eigenvalue weighted by Crippen LogP contribution is -2.44. The Morgan fingerprint density at radius 1 is 1.36 bits per heavy atom. The van der Waals surface area contributed by atoms with E-state index in [0.717, 1.165) is 43.1 Å². The highest BCUT2D eigenvalue weighted by molar-refractivity contribution is 5.74. The van der Waals surface area contributed by atoms with Gasteiger partial charge in [-0.3, -0.25) is 4.90 Å². The third-order valence-electron chi connectivity index (χ3n) is 4.77. The number of hydrogen-bond donors (Lipinski definition) is 1. The molecule has 134 valence electrons. The standard InChI is InChI=1S/C19H26N4O2/c1-14-18(15(2)25-21-14)13-22(3)19(24)20-17-9-10-23(12-17)11-16-7-5-4-6-8-16/h4-8,17H,9-13H2,1-3H3,(H,20,24)/t17-/m0/s1. The highest BCUT2D eigenvalue weighted by Crippen LogP contribution is 2.16. The monoisotopic (exact) mass is 342 g/mol. The highest BCUT2D eigenvalue weighted by atomic mass is 16.5. The zero-order chi connectivity index (χ0) is 17.8. The lowest BCUT2D eigenvalue weighted by Gasteiger charge is -2.21. The molecular formula is C19H26N4O2. The van der Waals surface area contributed by atoms with Gasteiger partial charge in [0, 0.05) is 38.3 Å². The van der Waals surface area contributed by atoms with Gasteiger partial charge in [-0.15, -0.1) is 0 Å². The number of carbonyl (C=O) groups excluding carboxylic acids is 1. The van der Waals surface area contributed by atoms with Crippen molar-refractivity contribution in [1.29, 1.82) is 0 Å². The van der Waals surface area contributed by atoms with E-state index < -0.39 is 0 Å². The van der Waals surface area contributed by atoms with Gasteiger partial charge >= 0.3 is 6.03 Å². The number of nitrogens with one attached hydrogen (secondary N) is 1. The summed E-state index contributed by atoms with van der Waals surface area (Å²) in [6, 6.07) is 10.6. The van der Waals surface area contributed by atoms with E-state index in [1.54, 1.807) is 11.9 Å². The van der Waals surface area contributed by atoms with Gasteiger partial charge in [-0.2, -0.15) is 0 Å². The Morgan fingerprint density at radius 3 is 2.80 bits per heavy atom. The van der Waals surface area contributed by atoms with Crippen molar-refractivity contribution >= 4 is 6.03 Å². The number of carbonyl (C=O) groups is 1. The number of hydrogen-bond acceptors (Lipinski definition) is 4. The summed E-state index contributed by atoms with van der Waals surface area (Å²) in [6.07, 6.45) is 0.984. The number of rotatable bonds is 5. The van der Waals surface area contributed by atoms with Crippen LogP contribution in [-0.4, -0.2) is 47.2 Å². The van der Waals surface area contributed by atoms with Crippen LogP contribution < -0.4 is 5.32 Å². The number of benzene rings is 1. The molecule has 1 aliphatic heterocycles. The average molecular weight is 342 g/mol. The van der Waals surface area contributed by atoms with Gasteiger partial charge in [0.1, 0.15) is 5.76 Å². The van der Waals surface area contributed by atoms with Crippen LogP contribution in [0.1, 0.15) is 29.0 Å². The molecule has 0 aliphatic carbocycles. The molecule has 1 aromatic carbocycles. The number of nitrogens with zero attached hydrogens (tertiary/aromatic N) is 3. The molecule has 2 heterocycles. The fourth-order valence-corrected chi connectivity index (χ4v) is 3.26. The van der Waals surface area contributed by atoms with Gasteiger partial charge in [0.25, 0.3) is 0 Å². The molecule has 25 heavy (non-hydrogen) atoms. The molecule has 1 aromatic heterocycles. The highest BCUT2D eigenvalue weighted by Gasteiger charge is 2.25. The molecule has 2 amide bonds. The second-order valence-electron chi connectivity index (χ2n) is 6.81. The largest absolute Gasteiger partial charge is 0.361 e. The first-order valence-corrected chi connectivity index (χ1v) is 8.72. The predicted octanol–water partition coefficient (Wildman–Crippen LogP) is 2.71. The van der Waals surface area contributed by atoms with Crippen molar-refractivity contribution < 1.29 is 9.32 Å². The van der Waals surface area contributed by atoms with Crippen LogP contribution in [0.5, 0.6) is 0 Å². The molecule has 0 saturated carbocycles. The van der Waals surface area contributed by atoms with Gasteiger partial charge in [-0.25, -0.2) is 4.79 Å². The van der Waals surface area contributed by atoms with Crippen LogP contribution in [0.25, 0.3) is 0 Å². The number of aryl methyl sites for hydroxylation is 2. The normalized spacial score (nSPS) is 17.6. The first-order chi connectivity index (χ1) is 12.0. The summed E-state index contributed by atoms with van der Waals surface area (Å²) in [5, 5.41) is 7.08. The van der Waals surface area contributed by atoms with Crippen molar-refractivity contribution in [2.45, 2.75) is 39.4 Å². The van der Waals surface area contributed by atoms with Crippen LogP contribution in [0.15, 0.2) is 34.9 Å². The lowest BCUT2D eigenvalue weighted by atomic mass is 10.2. The molecule has 1 atom stereocenters. The van der Waals surface area contributed by atoms with Crippen molar-refractivity contribution in [3.63, 3.8) is 0 Å². The molecule has 6 nitrogen and oxygen atoms in total. The number of aromatic nitrogens is 1. The fraction of sp³-hybridized carbons (Fsp3) is 0.474. The summed E-state index contributed by atoms with van der Waals surface area (Å²) in [7, 11) is 1.80. The molecule has 0 bridgehead atoms. The second kappa shape index (κ2) is 7.70. The minimum absolute atomic E-state index is 0.0495. The molecule has 1 saturated heterocycles. The molecule has 6 heteroatoms. The van der Waals surface area contributed by atoms with Crippen LogP contribution in [0, 0.1) is 13.8 Å². The first kappa shape index (κ1) is 17.5. The summed E-state index contributed by atoms with van der Waals surface area (Å²) in [4.78, 5) is 16.5. The Morgan fingerprint density at radius 2 is 2.12 bits per heavy atom. The van der Waals surface area contributed by atoms with Crippen molar-refractivity contribution in [3.8, 4) is 0 Å². The summed E-state index contributed by atoms with van der Waals surface area (Å²) in [5.41, 5.74) is 3.13. The Bertz CT molecular complexity index is 694. The Balaban J connectivity index is 1.48. The molecule has 1 fully saturated rings. The van der Waals surface area contributed by atoms with E-state index in [-0.39, 0.29) is 12.1 Å². The van der Waals surface area contributed by atoms with Crippen molar-refractivity contribution in [2.24, 2.45) is 0 Å². The number of amides is 2. The minimum Gasteiger partial charge on any atom is -0.361 e. The smallest absolute Gasteiger partial charge is 0.317 e. The van der Waals surface area contributed by atoms with E-state index in [1.807, 2.05) is 19.9 Å². The molecule has 3 rings (SSSR count). The van der Waals surface area contributed by atoms with Crippen LogP contribution in [-0.2, 0) is 13.1 Å². The van der Waals surface area contributed by atoms with Crippen molar-refractivity contribution in [3.05, 3.63) is 52.9 Å². The van der Waals surface area contributed by atoms with Crippen LogP contribution in [0.3, 0.4) is 0 Å². The maximum atomic E-state index is 12.5. The van der Waals surface area contributed by atoms with E-state index >= 15 is 0 Å². The average Bonchev–Trinajstić information content (AvgIpc) is 3.16. The second-order valence-corrected chi connectivity index (χ2v) is 6.81. The van der Waals surface area contributed by atoms with E-state index in [2.05, 4.69) is 39.6 Å². The van der Waals surface area contributed by atoms with Gasteiger partial charge in [0.05, 0.1) is 12.2 Å². The zero-order valence-electron chi connectivity index (χ0n) is 15.2. The van der Waals surface area contributed by atoms with E-state index in [1.165, 1.54) is 5.56 Å². The summed E-state index contributed by atoms with van der Waals surface area (Å²) in [5.74, 6) is 0.770. The maximum absolute atomic E-state index is 12.5. The third-order valence-corrected chi connectivity index (χ3v) is 4.77. The molecule has 1 N–H and O–H groups in total. The summed E-state index contributed by atoms with van der Waals surface area (Å²) >= 11 is 0. The third kappa shape index (κ3) is 4.39. The molecule has 0 spiro atoms. The van der Waals surface area contributed by atoms with E-state index in [0.29, 0.717) is 6.54 Å². The SMILES string of the molecule is Cc1noc(C)c1CN(C)C(=O)N[C@H]1CCN(Cc2ccccc2)C1. The fourth-order valence-electron chi connectivity index (χ4n) is 3.26. The number of likely N-dealkylation sites (tertiary alicyclic amines) is 1. The van der Waals surface area contributed by atoms with E-state index in [4.69, 9.17) is 4.52 Å². The van der Waals surface area contributed by atoms with Gasteiger partial charge in [-0.05, 0) is 25.8 Å². The summed E-state index contributed by atoms with van der Waals surface area (Å²) < 4.78 is 5.16. The summed E-state index contributed by atoms with van der Waals surface area (Å²) in [6.45, 7) is 7.11. The maximum Gasteiger partial charge on any atom is 0.317 e. The Hall–Kier alpha value is -2.34. The molecule has 2 aromatic rings. The van der Waals surface area contributed by atoms with Gasteiger partial charge < -0.3 is 14.7 Å². The van der Waals surface area contributed by atoms with Crippen molar-refractivity contribution in [2.75, 3.05) is 20.1 Å². The van der Waals surface area contributed by atoms with Crippen LogP contribution >= 0.6 is 0 Å². The predicted molar refractivity (Wildman–Crippen MR) is 96.1 cm³/mol. The van der Waals surface area contributed by atoms with Crippen molar-refractivity contribution in [1.82, 2.24) is 20.3 Å². The quantitative estimate of drug-likeness (QED) is 0.907. The van der Waals surface area contributed by atoms with Gasteiger partial charge in [0.15, 0.2) is 0 Å². The Labute approximate surface area is 148 Å². The van der Waals surface area contributed by atoms with Gasteiger partial charge in [-0.1, -0.05) is 35.5 Å². The van der Waals surface area contributed by atoms with Crippen LogP contribution in [0.2, 0.25) is 0 Å². The number of urea groups is 1. The molecular weight excluding hydrogens is 316 g/mol. The molecule has 0 radical (unpaired) electrons. The topological polar surface area (TPSA) is 61.6 Å². The molecule has 0 unspecified atom stereocenters. The Kier molecular flexibility index (Phi) is 5.38. The van der Waals surface area contributed by atoms with Gasteiger partial charge in [0.2, 0.25) is 0 Å². The van der Waals surface area contributed by atoms with E-state index in [9.17, 15) is 4.79 Å². The minimum atomic E-state index is -0.0495. The lowest BCUT2D eigenvalue weighted by molar-refractivity contribution is 0.202. The zero-order valence-corrected chi connectivity index (χ0v) is 15.2. The molecule has 1 aliphatic rings.